The smallest absolute Gasteiger partial charge is 0.227 e. The highest BCUT2D eigenvalue weighted by Crippen LogP contribution is 2.24. The van der Waals surface area contributed by atoms with Gasteiger partial charge in [0.1, 0.15) is 0 Å². The van der Waals surface area contributed by atoms with Crippen LogP contribution in [0, 0.1) is 5.92 Å². The molecule has 2 N–H and O–H groups in total. The molecule has 0 radical (unpaired) electrons. The van der Waals surface area contributed by atoms with Gasteiger partial charge in [0.25, 0.3) is 0 Å². The molecule has 84 valence electrons. The zero-order chi connectivity index (χ0) is 10.5. The first kappa shape index (κ1) is 11.0. The van der Waals surface area contributed by atoms with Crippen molar-refractivity contribution in [1.29, 1.82) is 0 Å². The highest BCUT2D eigenvalue weighted by molar-refractivity contribution is 7.99. The fraction of sp³-hybridized carbons (Fsp3) is 0.800. The van der Waals surface area contributed by atoms with Gasteiger partial charge in [0.05, 0.1) is 0 Å². The average Bonchev–Trinajstić information content (AvgIpc) is 2.68. The van der Waals surface area contributed by atoms with Gasteiger partial charge in [-0.15, -0.1) is 0 Å². The molecular formula is C10H17N3OS. The summed E-state index contributed by atoms with van der Waals surface area (Å²) in [4.78, 5) is 4.33. The van der Waals surface area contributed by atoms with E-state index in [9.17, 15) is 0 Å². The van der Waals surface area contributed by atoms with E-state index in [2.05, 4.69) is 10.1 Å². The molecule has 4 nitrogen and oxygen atoms in total. The maximum absolute atomic E-state index is 5.42. The van der Waals surface area contributed by atoms with Gasteiger partial charge >= 0.3 is 0 Å². The summed E-state index contributed by atoms with van der Waals surface area (Å²) in [6, 6.07) is 0. The van der Waals surface area contributed by atoms with Crippen LogP contribution in [-0.4, -0.2) is 28.2 Å². The molecule has 2 rings (SSSR count). The summed E-state index contributed by atoms with van der Waals surface area (Å²) < 4.78 is 5.10. The first-order valence-corrected chi connectivity index (χ1v) is 6.63. The Labute approximate surface area is 94.0 Å². The monoisotopic (exact) mass is 227 g/mol. The highest BCUT2D eigenvalue weighted by Gasteiger charge is 2.17. The summed E-state index contributed by atoms with van der Waals surface area (Å²) in [5.74, 6) is 4.83. The second kappa shape index (κ2) is 5.51. The van der Waals surface area contributed by atoms with Crippen LogP contribution in [0.3, 0.4) is 0 Å². The fourth-order valence-electron chi connectivity index (χ4n) is 1.81. The summed E-state index contributed by atoms with van der Waals surface area (Å²) in [7, 11) is 0. The van der Waals surface area contributed by atoms with E-state index < -0.39 is 0 Å². The number of hydrogen-bond donors (Lipinski definition) is 1. The minimum atomic E-state index is 0.571. The van der Waals surface area contributed by atoms with Gasteiger partial charge in [-0.3, -0.25) is 0 Å². The number of aromatic nitrogens is 2. The van der Waals surface area contributed by atoms with Crippen LogP contribution in [0.15, 0.2) is 4.52 Å². The van der Waals surface area contributed by atoms with Gasteiger partial charge in [-0.25, -0.2) is 0 Å². The van der Waals surface area contributed by atoms with Gasteiger partial charge < -0.3 is 10.3 Å². The van der Waals surface area contributed by atoms with Crippen LogP contribution in [0.25, 0.3) is 0 Å². The number of nitrogens with zero attached hydrogens (tertiary/aromatic N) is 2. The second-order valence-corrected chi connectivity index (χ2v) is 5.13. The number of nitrogens with two attached hydrogens (primary N) is 1. The van der Waals surface area contributed by atoms with Crippen molar-refractivity contribution < 1.29 is 4.52 Å². The molecule has 0 saturated carbocycles. The lowest BCUT2D eigenvalue weighted by Crippen LogP contribution is -2.13. The van der Waals surface area contributed by atoms with E-state index >= 15 is 0 Å². The van der Waals surface area contributed by atoms with Crippen molar-refractivity contribution in [3.63, 3.8) is 0 Å². The van der Waals surface area contributed by atoms with Gasteiger partial charge in [-0.2, -0.15) is 16.7 Å². The lowest BCUT2D eigenvalue weighted by molar-refractivity contribution is 0.368. The number of rotatable bonds is 4. The van der Waals surface area contributed by atoms with Crippen molar-refractivity contribution in [2.24, 2.45) is 11.7 Å². The average molecular weight is 227 g/mol. The third kappa shape index (κ3) is 3.21. The molecule has 0 atom stereocenters. The van der Waals surface area contributed by atoms with E-state index in [1.165, 1.54) is 24.3 Å². The predicted octanol–water partition coefficient (Wildman–Crippen LogP) is 1.26. The van der Waals surface area contributed by atoms with Gasteiger partial charge in [0.2, 0.25) is 5.89 Å². The zero-order valence-corrected chi connectivity index (χ0v) is 9.63. The Balaban J connectivity index is 1.86. The zero-order valence-electron chi connectivity index (χ0n) is 8.82. The third-order valence-corrected chi connectivity index (χ3v) is 3.73. The minimum absolute atomic E-state index is 0.571. The Morgan fingerprint density at radius 2 is 2.20 bits per heavy atom. The van der Waals surface area contributed by atoms with E-state index in [0.717, 1.165) is 18.2 Å². The van der Waals surface area contributed by atoms with Crippen LogP contribution in [0.5, 0.6) is 0 Å². The molecule has 0 bridgehead atoms. The van der Waals surface area contributed by atoms with Crippen LogP contribution >= 0.6 is 11.8 Å². The molecule has 1 aliphatic heterocycles. The van der Waals surface area contributed by atoms with E-state index in [-0.39, 0.29) is 0 Å². The normalized spacial score (nSPS) is 18.2. The van der Waals surface area contributed by atoms with E-state index in [0.29, 0.717) is 18.9 Å². The van der Waals surface area contributed by atoms with E-state index in [1.807, 2.05) is 11.8 Å². The van der Waals surface area contributed by atoms with Gasteiger partial charge in [-0.1, -0.05) is 5.16 Å². The summed E-state index contributed by atoms with van der Waals surface area (Å²) in [5.41, 5.74) is 5.42. The van der Waals surface area contributed by atoms with Crippen LogP contribution in [0.1, 0.15) is 24.6 Å². The Morgan fingerprint density at radius 3 is 2.93 bits per heavy atom. The maximum atomic E-state index is 5.42. The lowest BCUT2D eigenvalue weighted by Gasteiger charge is -2.19. The molecule has 15 heavy (non-hydrogen) atoms. The van der Waals surface area contributed by atoms with Gasteiger partial charge in [0, 0.05) is 19.4 Å². The molecule has 1 fully saturated rings. The van der Waals surface area contributed by atoms with Crippen LogP contribution in [-0.2, 0) is 12.8 Å². The lowest BCUT2D eigenvalue weighted by atomic mass is 9.99. The van der Waals surface area contributed by atoms with Crippen molar-refractivity contribution in [3.8, 4) is 0 Å². The summed E-state index contributed by atoms with van der Waals surface area (Å²) in [5, 5.41) is 3.98. The van der Waals surface area contributed by atoms with Crippen molar-refractivity contribution in [1.82, 2.24) is 10.1 Å². The van der Waals surface area contributed by atoms with Crippen molar-refractivity contribution in [2.45, 2.75) is 25.7 Å². The van der Waals surface area contributed by atoms with Crippen LogP contribution < -0.4 is 5.73 Å². The SMILES string of the molecule is NCCc1nc(CC2CCSCC2)no1. The largest absolute Gasteiger partial charge is 0.339 e. The molecule has 1 aliphatic rings. The van der Waals surface area contributed by atoms with Crippen LogP contribution in [0.2, 0.25) is 0 Å². The molecular weight excluding hydrogens is 210 g/mol. The van der Waals surface area contributed by atoms with Gasteiger partial charge in [0.15, 0.2) is 5.82 Å². The Kier molecular flexibility index (Phi) is 4.02. The van der Waals surface area contributed by atoms with Crippen LogP contribution in [0.4, 0.5) is 0 Å². The predicted molar refractivity (Wildman–Crippen MR) is 60.8 cm³/mol. The van der Waals surface area contributed by atoms with Crippen molar-refractivity contribution in [2.75, 3.05) is 18.1 Å². The molecule has 0 spiro atoms. The standard InChI is InChI=1S/C10H17N3OS/c11-4-1-10-12-9(13-14-10)7-8-2-5-15-6-3-8/h8H,1-7,11H2. The molecule has 2 heterocycles. The molecule has 1 aromatic rings. The Hall–Kier alpha value is -0.550. The second-order valence-electron chi connectivity index (χ2n) is 3.90. The molecule has 0 aromatic carbocycles. The van der Waals surface area contributed by atoms with Crippen molar-refractivity contribution >= 4 is 11.8 Å². The van der Waals surface area contributed by atoms with E-state index in [4.69, 9.17) is 10.3 Å². The quantitative estimate of drug-likeness (QED) is 0.838. The molecule has 5 heteroatoms. The number of thioether (sulfide) groups is 1. The maximum Gasteiger partial charge on any atom is 0.227 e. The Bertz CT molecular complexity index is 297. The summed E-state index contributed by atoms with van der Waals surface area (Å²) in [6.45, 7) is 0.571. The molecule has 0 unspecified atom stereocenters. The molecule has 1 aromatic heterocycles. The van der Waals surface area contributed by atoms with E-state index in [1.54, 1.807) is 0 Å². The summed E-state index contributed by atoms with van der Waals surface area (Å²) >= 11 is 2.04. The first-order valence-electron chi connectivity index (χ1n) is 5.47. The molecule has 0 amide bonds. The highest BCUT2D eigenvalue weighted by atomic mass is 32.2. The molecule has 0 aliphatic carbocycles. The third-order valence-electron chi connectivity index (χ3n) is 2.68. The first-order chi connectivity index (χ1) is 7.38. The van der Waals surface area contributed by atoms with Gasteiger partial charge in [-0.05, 0) is 30.3 Å². The number of hydrogen-bond acceptors (Lipinski definition) is 5. The molecule has 1 saturated heterocycles. The van der Waals surface area contributed by atoms with Crippen molar-refractivity contribution in [3.05, 3.63) is 11.7 Å². The summed E-state index contributed by atoms with van der Waals surface area (Å²) in [6.07, 6.45) is 4.22. The minimum Gasteiger partial charge on any atom is -0.339 e. The Morgan fingerprint density at radius 1 is 1.40 bits per heavy atom. The topological polar surface area (TPSA) is 64.9 Å². The fourth-order valence-corrected chi connectivity index (χ4v) is 3.01.